The van der Waals surface area contributed by atoms with E-state index in [4.69, 9.17) is 5.64 Å². The van der Waals surface area contributed by atoms with E-state index in [1.807, 2.05) is 0 Å². The molecule has 1 saturated heterocycles. The standard InChI is InChI=1S/C9H18BN/c1-7-2-8-4-9(3-7)6-10(11)5-8/h7-9H,2-6,11H2,1H3. The Balaban J connectivity index is 2.00. The summed E-state index contributed by atoms with van der Waals surface area (Å²) in [6.45, 7) is 2.93. The summed E-state index contributed by atoms with van der Waals surface area (Å²) >= 11 is 0. The highest BCUT2D eigenvalue weighted by molar-refractivity contribution is 6.55. The van der Waals surface area contributed by atoms with E-state index >= 15 is 0 Å². The van der Waals surface area contributed by atoms with Gasteiger partial charge in [-0.3, -0.25) is 0 Å². The first-order valence-corrected chi connectivity index (χ1v) is 4.99. The molecule has 2 unspecified atom stereocenters. The second-order valence-electron chi connectivity index (χ2n) is 4.78. The summed E-state index contributed by atoms with van der Waals surface area (Å²) in [5, 5.41) is 0. The minimum atomic E-state index is 0.534. The van der Waals surface area contributed by atoms with Crippen LogP contribution in [-0.4, -0.2) is 6.85 Å². The van der Waals surface area contributed by atoms with Gasteiger partial charge in [0.2, 0.25) is 6.85 Å². The molecule has 11 heavy (non-hydrogen) atoms. The fourth-order valence-electron chi connectivity index (χ4n) is 3.24. The van der Waals surface area contributed by atoms with Crippen LogP contribution < -0.4 is 5.64 Å². The third-order valence-electron chi connectivity index (χ3n) is 3.41. The maximum atomic E-state index is 5.97. The van der Waals surface area contributed by atoms with E-state index in [9.17, 15) is 0 Å². The van der Waals surface area contributed by atoms with E-state index < -0.39 is 0 Å². The van der Waals surface area contributed by atoms with E-state index in [1.165, 1.54) is 31.9 Å². The first-order valence-electron chi connectivity index (χ1n) is 4.99. The van der Waals surface area contributed by atoms with Crippen LogP contribution >= 0.6 is 0 Å². The molecule has 2 heteroatoms. The Hall–Kier alpha value is 0.0249. The summed E-state index contributed by atoms with van der Waals surface area (Å²) in [6.07, 6.45) is 6.99. The highest BCUT2D eigenvalue weighted by Crippen LogP contribution is 2.41. The minimum Gasteiger partial charge on any atom is -0.370 e. The average molecular weight is 151 g/mol. The van der Waals surface area contributed by atoms with Crippen LogP contribution in [-0.2, 0) is 0 Å². The van der Waals surface area contributed by atoms with Crippen LogP contribution in [0.15, 0.2) is 0 Å². The molecule has 0 radical (unpaired) electrons. The topological polar surface area (TPSA) is 26.0 Å². The van der Waals surface area contributed by atoms with Crippen LogP contribution in [0.1, 0.15) is 26.2 Å². The Morgan fingerprint density at radius 2 is 1.64 bits per heavy atom. The van der Waals surface area contributed by atoms with E-state index in [0.29, 0.717) is 6.85 Å². The molecule has 2 bridgehead atoms. The molecule has 1 heterocycles. The van der Waals surface area contributed by atoms with Gasteiger partial charge in [0.15, 0.2) is 0 Å². The smallest absolute Gasteiger partial charge is 0.218 e. The van der Waals surface area contributed by atoms with Crippen molar-refractivity contribution in [2.75, 3.05) is 0 Å². The minimum absolute atomic E-state index is 0.534. The fraction of sp³-hybridized carbons (Fsp3) is 1.00. The molecule has 2 atom stereocenters. The van der Waals surface area contributed by atoms with Crippen molar-refractivity contribution >= 4 is 6.85 Å². The molecule has 1 aliphatic carbocycles. The third-order valence-corrected chi connectivity index (χ3v) is 3.41. The molecule has 2 N–H and O–H groups in total. The molecule has 0 aromatic carbocycles. The van der Waals surface area contributed by atoms with Crippen molar-refractivity contribution in [3.05, 3.63) is 0 Å². The van der Waals surface area contributed by atoms with Gasteiger partial charge in [0, 0.05) is 0 Å². The molecule has 2 fully saturated rings. The van der Waals surface area contributed by atoms with E-state index in [2.05, 4.69) is 6.92 Å². The lowest BCUT2D eigenvalue weighted by Crippen LogP contribution is -2.39. The molecule has 1 nitrogen and oxygen atoms in total. The van der Waals surface area contributed by atoms with Crippen molar-refractivity contribution in [1.82, 2.24) is 0 Å². The van der Waals surface area contributed by atoms with Crippen LogP contribution in [0.4, 0.5) is 0 Å². The molecule has 62 valence electrons. The summed E-state index contributed by atoms with van der Waals surface area (Å²) in [4.78, 5) is 0. The van der Waals surface area contributed by atoms with Gasteiger partial charge in [-0.05, 0) is 37.0 Å². The maximum Gasteiger partial charge on any atom is 0.218 e. The molecule has 1 aliphatic heterocycles. The number of rotatable bonds is 0. The third kappa shape index (κ3) is 1.61. The Morgan fingerprint density at radius 1 is 1.09 bits per heavy atom. The predicted molar refractivity (Wildman–Crippen MR) is 49.6 cm³/mol. The lowest BCUT2D eigenvalue weighted by molar-refractivity contribution is 0.218. The van der Waals surface area contributed by atoms with Gasteiger partial charge in [0.1, 0.15) is 0 Å². The zero-order valence-corrected chi connectivity index (χ0v) is 7.42. The van der Waals surface area contributed by atoms with E-state index in [0.717, 1.165) is 17.8 Å². The quantitative estimate of drug-likeness (QED) is 0.526. The first-order chi connectivity index (χ1) is 5.24. The molecular formula is C9H18BN. The second kappa shape index (κ2) is 2.82. The Labute approximate surface area is 69.8 Å². The van der Waals surface area contributed by atoms with Gasteiger partial charge in [-0.1, -0.05) is 19.6 Å². The summed E-state index contributed by atoms with van der Waals surface area (Å²) in [7, 11) is 0. The van der Waals surface area contributed by atoms with Crippen LogP contribution in [0.5, 0.6) is 0 Å². The summed E-state index contributed by atoms with van der Waals surface area (Å²) in [6, 6.07) is 0. The first kappa shape index (κ1) is 7.66. The van der Waals surface area contributed by atoms with Crippen molar-refractivity contribution < 1.29 is 0 Å². The SMILES string of the molecule is CC1CC2CB(N)CC(C1)C2. The molecule has 0 amide bonds. The van der Waals surface area contributed by atoms with Crippen molar-refractivity contribution in [2.45, 2.75) is 38.8 Å². The molecule has 0 spiro atoms. The van der Waals surface area contributed by atoms with Crippen molar-refractivity contribution in [3.63, 3.8) is 0 Å². The number of hydrogen-bond acceptors (Lipinski definition) is 1. The second-order valence-corrected chi connectivity index (χ2v) is 4.78. The fourth-order valence-corrected chi connectivity index (χ4v) is 3.24. The lowest BCUT2D eigenvalue weighted by Gasteiger charge is -2.39. The van der Waals surface area contributed by atoms with Gasteiger partial charge in [0.05, 0.1) is 0 Å². The molecular weight excluding hydrogens is 133 g/mol. The van der Waals surface area contributed by atoms with Gasteiger partial charge in [0.25, 0.3) is 0 Å². The van der Waals surface area contributed by atoms with Crippen LogP contribution in [0, 0.1) is 17.8 Å². The van der Waals surface area contributed by atoms with Crippen LogP contribution in [0.3, 0.4) is 0 Å². The van der Waals surface area contributed by atoms with Crippen LogP contribution in [0.2, 0.25) is 12.6 Å². The van der Waals surface area contributed by atoms with Crippen molar-refractivity contribution in [1.29, 1.82) is 0 Å². The van der Waals surface area contributed by atoms with Gasteiger partial charge < -0.3 is 5.64 Å². The molecule has 1 saturated carbocycles. The summed E-state index contributed by atoms with van der Waals surface area (Å²) < 4.78 is 0. The Kier molecular flexibility index (Phi) is 1.96. The highest BCUT2D eigenvalue weighted by Gasteiger charge is 2.34. The number of fused-ring (bicyclic) bond motifs is 2. The largest absolute Gasteiger partial charge is 0.370 e. The van der Waals surface area contributed by atoms with Gasteiger partial charge >= 0.3 is 0 Å². The number of hydrogen-bond donors (Lipinski definition) is 1. The Bertz CT molecular complexity index is 115. The van der Waals surface area contributed by atoms with Crippen molar-refractivity contribution in [2.24, 2.45) is 23.4 Å². The Morgan fingerprint density at radius 3 is 2.18 bits per heavy atom. The van der Waals surface area contributed by atoms with Crippen molar-refractivity contribution in [3.8, 4) is 0 Å². The molecule has 2 aliphatic rings. The van der Waals surface area contributed by atoms with Gasteiger partial charge in [-0.15, -0.1) is 0 Å². The van der Waals surface area contributed by atoms with Gasteiger partial charge in [-0.2, -0.15) is 0 Å². The monoisotopic (exact) mass is 151 g/mol. The maximum absolute atomic E-state index is 5.97. The molecule has 0 aromatic rings. The normalized spacial score (nSPS) is 44.2. The lowest BCUT2D eigenvalue weighted by atomic mass is 9.44. The summed E-state index contributed by atoms with van der Waals surface area (Å²) in [5.41, 5.74) is 5.97. The predicted octanol–water partition coefficient (Wildman–Crippen LogP) is 2.00. The van der Waals surface area contributed by atoms with E-state index in [1.54, 1.807) is 0 Å². The molecule has 0 aromatic heterocycles. The van der Waals surface area contributed by atoms with E-state index in [-0.39, 0.29) is 0 Å². The zero-order chi connectivity index (χ0) is 7.84. The zero-order valence-electron chi connectivity index (χ0n) is 7.42. The highest BCUT2D eigenvalue weighted by atomic mass is 14.5. The average Bonchev–Trinajstić information content (AvgIpc) is 1.82. The summed E-state index contributed by atoms with van der Waals surface area (Å²) in [5.74, 6) is 2.94. The van der Waals surface area contributed by atoms with Crippen LogP contribution in [0.25, 0.3) is 0 Å². The number of nitrogens with two attached hydrogens (primary N) is 1. The molecule has 2 rings (SSSR count). The van der Waals surface area contributed by atoms with Gasteiger partial charge in [-0.25, -0.2) is 0 Å².